The van der Waals surface area contributed by atoms with Crippen LogP contribution in [-0.4, -0.2) is 41.0 Å². The first-order valence-electron chi connectivity index (χ1n) is 7.04. The topological polar surface area (TPSA) is 45.2 Å². The molecule has 1 aromatic heterocycles. The van der Waals surface area contributed by atoms with Gasteiger partial charge in [0.15, 0.2) is 0 Å². The summed E-state index contributed by atoms with van der Waals surface area (Å²) in [4.78, 5) is 19.1. The molecule has 1 aliphatic heterocycles. The number of carbonyl (C=O) groups excluding carboxylic acids is 1. The number of rotatable bonds is 1. The number of hydrogen-bond acceptors (Lipinski definition) is 3. The van der Waals surface area contributed by atoms with Gasteiger partial charge in [-0.15, -0.1) is 0 Å². The number of aromatic nitrogens is 1. The van der Waals surface area contributed by atoms with Crippen LogP contribution >= 0.6 is 0 Å². The lowest BCUT2D eigenvalue weighted by atomic mass is 10.1. The number of amides is 1. The Bertz CT molecular complexity index is 625. The van der Waals surface area contributed by atoms with Gasteiger partial charge < -0.3 is 10.2 Å². The molecule has 0 saturated carbocycles. The summed E-state index contributed by atoms with van der Waals surface area (Å²) in [6, 6.07) is 10.3. The SMILES string of the molecule is CC1CN(C(=O)c2cccc3cccnc23)CC(C)N1. The Hall–Kier alpha value is -1.94. The van der Waals surface area contributed by atoms with Gasteiger partial charge in [-0.1, -0.05) is 18.2 Å². The summed E-state index contributed by atoms with van der Waals surface area (Å²) in [5, 5.41) is 4.45. The first-order chi connectivity index (χ1) is 9.65. The molecule has 2 unspecified atom stereocenters. The number of nitrogens with zero attached hydrogens (tertiary/aromatic N) is 2. The zero-order valence-electron chi connectivity index (χ0n) is 11.8. The molecule has 4 nitrogen and oxygen atoms in total. The van der Waals surface area contributed by atoms with E-state index in [0.29, 0.717) is 17.6 Å². The quantitative estimate of drug-likeness (QED) is 0.862. The predicted octanol–water partition coefficient (Wildman–Crippen LogP) is 2.06. The molecule has 1 aliphatic rings. The highest BCUT2D eigenvalue weighted by Gasteiger charge is 2.26. The molecule has 3 rings (SSSR count). The highest BCUT2D eigenvalue weighted by Crippen LogP contribution is 2.19. The largest absolute Gasteiger partial charge is 0.335 e. The zero-order valence-corrected chi connectivity index (χ0v) is 11.8. The van der Waals surface area contributed by atoms with Crippen LogP contribution in [0.2, 0.25) is 0 Å². The van der Waals surface area contributed by atoms with Crippen LogP contribution < -0.4 is 5.32 Å². The molecule has 1 N–H and O–H groups in total. The Balaban J connectivity index is 1.96. The molecule has 1 amide bonds. The minimum absolute atomic E-state index is 0.0782. The van der Waals surface area contributed by atoms with Gasteiger partial charge in [0.2, 0.25) is 0 Å². The van der Waals surface area contributed by atoms with Crippen LogP contribution in [0.3, 0.4) is 0 Å². The van der Waals surface area contributed by atoms with E-state index in [1.165, 1.54) is 0 Å². The van der Waals surface area contributed by atoms with E-state index in [1.54, 1.807) is 6.20 Å². The van der Waals surface area contributed by atoms with Crippen LogP contribution in [0, 0.1) is 0 Å². The minimum Gasteiger partial charge on any atom is -0.335 e. The van der Waals surface area contributed by atoms with E-state index >= 15 is 0 Å². The highest BCUT2D eigenvalue weighted by atomic mass is 16.2. The van der Waals surface area contributed by atoms with Crippen LogP contribution in [0.25, 0.3) is 10.9 Å². The second-order valence-electron chi connectivity index (χ2n) is 5.56. The molecule has 1 saturated heterocycles. The van der Waals surface area contributed by atoms with Crippen LogP contribution in [0.4, 0.5) is 0 Å². The summed E-state index contributed by atoms with van der Waals surface area (Å²) in [5.74, 6) is 0.0782. The van der Waals surface area contributed by atoms with Crippen molar-refractivity contribution in [3.8, 4) is 0 Å². The molecule has 0 bridgehead atoms. The van der Waals surface area contributed by atoms with Gasteiger partial charge in [-0.3, -0.25) is 9.78 Å². The molecule has 2 atom stereocenters. The number of fused-ring (bicyclic) bond motifs is 1. The number of benzene rings is 1. The van der Waals surface area contributed by atoms with E-state index in [2.05, 4.69) is 24.1 Å². The predicted molar refractivity (Wildman–Crippen MR) is 79.7 cm³/mol. The lowest BCUT2D eigenvalue weighted by Crippen LogP contribution is -2.55. The van der Waals surface area contributed by atoms with Crippen molar-refractivity contribution in [3.05, 3.63) is 42.1 Å². The molecule has 20 heavy (non-hydrogen) atoms. The third-order valence-electron chi connectivity index (χ3n) is 3.71. The molecule has 4 heteroatoms. The molecule has 0 aliphatic carbocycles. The number of carbonyl (C=O) groups is 1. The van der Waals surface area contributed by atoms with Gasteiger partial charge in [-0.05, 0) is 26.0 Å². The smallest absolute Gasteiger partial charge is 0.256 e. The Morgan fingerprint density at radius 1 is 1.20 bits per heavy atom. The van der Waals surface area contributed by atoms with Gasteiger partial charge in [0.05, 0.1) is 11.1 Å². The average molecular weight is 269 g/mol. The fourth-order valence-electron chi connectivity index (χ4n) is 2.94. The summed E-state index contributed by atoms with van der Waals surface area (Å²) in [6.45, 7) is 5.70. The summed E-state index contributed by atoms with van der Waals surface area (Å²) < 4.78 is 0. The molecular formula is C16H19N3O. The Morgan fingerprint density at radius 2 is 1.90 bits per heavy atom. The monoisotopic (exact) mass is 269 g/mol. The summed E-state index contributed by atoms with van der Waals surface area (Å²) >= 11 is 0. The standard InChI is InChI=1S/C16H19N3O/c1-11-9-19(10-12(2)18-11)16(20)14-7-3-5-13-6-4-8-17-15(13)14/h3-8,11-12,18H,9-10H2,1-2H3. The fourth-order valence-corrected chi connectivity index (χ4v) is 2.94. The van der Waals surface area contributed by atoms with E-state index in [4.69, 9.17) is 0 Å². The van der Waals surface area contributed by atoms with Crippen LogP contribution in [0.1, 0.15) is 24.2 Å². The van der Waals surface area contributed by atoms with Gasteiger partial charge in [-0.2, -0.15) is 0 Å². The van der Waals surface area contributed by atoms with Gasteiger partial charge in [0, 0.05) is 36.8 Å². The minimum atomic E-state index is 0.0782. The lowest BCUT2D eigenvalue weighted by molar-refractivity contribution is 0.0675. The second kappa shape index (κ2) is 5.21. The molecule has 2 aromatic rings. The van der Waals surface area contributed by atoms with E-state index in [9.17, 15) is 4.79 Å². The summed E-state index contributed by atoms with van der Waals surface area (Å²) in [7, 11) is 0. The maximum absolute atomic E-state index is 12.8. The normalized spacial score (nSPS) is 23.0. The zero-order chi connectivity index (χ0) is 14.1. The maximum Gasteiger partial charge on any atom is 0.256 e. The first-order valence-corrected chi connectivity index (χ1v) is 7.04. The first kappa shape index (κ1) is 13.1. The Morgan fingerprint density at radius 3 is 2.65 bits per heavy atom. The van der Waals surface area contributed by atoms with E-state index < -0.39 is 0 Å². The van der Waals surface area contributed by atoms with E-state index in [1.807, 2.05) is 35.2 Å². The van der Waals surface area contributed by atoms with Crippen molar-refractivity contribution >= 4 is 16.8 Å². The van der Waals surface area contributed by atoms with Crippen molar-refractivity contribution in [1.29, 1.82) is 0 Å². The fraction of sp³-hybridized carbons (Fsp3) is 0.375. The van der Waals surface area contributed by atoms with Crippen molar-refractivity contribution in [2.24, 2.45) is 0 Å². The summed E-state index contributed by atoms with van der Waals surface area (Å²) in [6.07, 6.45) is 1.74. The van der Waals surface area contributed by atoms with Crippen molar-refractivity contribution in [3.63, 3.8) is 0 Å². The molecule has 104 valence electrons. The van der Waals surface area contributed by atoms with Gasteiger partial charge in [0.1, 0.15) is 0 Å². The molecule has 1 aromatic carbocycles. The average Bonchev–Trinajstić information content (AvgIpc) is 2.45. The van der Waals surface area contributed by atoms with E-state index in [0.717, 1.165) is 24.0 Å². The van der Waals surface area contributed by atoms with Crippen LogP contribution in [0.15, 0.2) is 36.5 Å². The molecular weight excluding hydrogens is 250 g/mol. The van der Waals surface area contributed by atoms with Crippen LogP contribution in [-0.2, 0) is 0 Å². The molecule has 2 heterocycles. The van der Waals surface area contributed by atoms with Crippen molar-refractivity contribution < 1.29 is 4.79 Å². The second-order valence-corrected chi connectivity index (χ2v) is 5.56. The van der Waals surface area contributed by atoms with Crippen LogP contribution in [0.5, 0.6) is 0 Å². The Kier molecular flexibility index (Phi) is 3.40. The number of pyridine rings is 1. The number of nitrogens with one attached hydrogen (secondary N) is 1. The third kappa shape index (κ3) is 2.39. The van der Waals surface area contributed by atoms with Crippen molar-refractivity contribution in [2.75, 3.05) is 13.1 Å². The lowest BCUT2D eigenvalue weighted by Gasteiger charge is -2.36. The number of para-hydroxylation sites is 1. The van der Waals surface area contributed by atoms with E-state index in [-0.39, 0.29) is 5.91 Å². The number of hydrogen-bond donors (Lipinski definition) is 1. The third-order valence-corrected chi connectivity index (χ3v) is 3.71. The molecule has 1 fully saturated rings. The van der Waals surface area contributed by atoms with Crippen molar-refractivity contribution in [2.45, 2.75) is 25.9 Å². The molecule has 0 spiro atoms. The van der Waals surface area contributed by atoms with Gasteiger partial charge in [-0.25, -0.2) is 0 Å². The van der Waals surface area contributed by atoms with Gasteiger partial charge >= 0.3 is 0 Å². The summed E-state index contributed by atoms with van der Waals surface area (Å²) in [5.41, 5.74) is 1.49. The maximum atomic E-state index is 12.8. The molecule has 0 radical (unpaired) electrons. The highest BCUT2D eigenvalue weighted by molar-refractivity contribution is 6.05. The van der Waals surface area contributed by atoms with Crippen molar-refractivity contribution in [1.82, 2.24) is 15.2 Å². The Labute approximate surface area is 118 Å². The van der Waals surface area contributed by atoms with Gasteiger partial charge in [0.25, 0.3) is 5.91 Å². The number of piperazine rings is 1.